The number of nitrogens with zero attached hydrogens (tertiary/aromatic N) is 3. The zero-order valence-electron chi connectivity index (χ0n) is 15.2. The van der Waals surface area contributed by atoms with Gasteiger partial charge in [0.1, 0.15) is 12.2 Å². The van der Waals surface area contributed by atoms with Gasteiger partial charge in [-0.05, 0) is 29.3 Å². The molecule has 28 heavy (non-hydrogen) atoms. The minimum absolute atomic E-state index is 0.221. The van der Waals surface area contributed by atoms with Crippen LogP contribution in [0.4, 0.5) is 5.69 Å². The molecular weight excluding hydrogens is 378 g/mol. The van der Waals surface area contributed by atoms with Gasteiger partial charge in [0.15, 0.2) is 0 Å². The Morgan fingerprint density at radius 1 is 1.25 bits per heavy atom. The molecule has 1 unspecified atom stereocenters. The maximum Gasteiger partial charge on any atom is 0.251 e. The molecule has 3 aromatic rings. The van der Waals surface area contributed by atoms with Gasteiger partial charge in [0.05, 0.1) is 17.9 Å². The van der Waals surface area contributed by atoms with Gasteiger partial charge in [-0.2, -0.15) is 5.10 Å². The van der Waals surface area contributed by atoms with Crippen LogP contribution in [0.5, 0.6) is 0 Å². The third kappa shape index (κ3) is 3.48. The number of nitrogens with one attached hydrogen (secondary N) is 2. The second-order valence-corrected chi connectivity index (χ2v) is 8.57. The largest absolute Gasteiger partial charge is 0.348 e. The van der Waals surface area contributed by atoms with E-state index in [1.54, 1.807) is 18.2 Å². The van der Waals surface area contributed by atoms with Gasteiger partial charge in [0, 0.05) is 18.7 Å². The first kappa shape index (κ1) is 18.2. The van der Waals surface area contributed by atoms with Crippen LogP contribution in [-0.2, 0) is 16.6 Å². The van der Waals surface area contributed by atoms with E-state index in [2.05, 4.69) is 20.5 Å². The summed E-state index contributed by atoms with van der Waals surface area (Å²) in [6.45, 7) is 0.635. The van der Waals surface area contributed by atoms with E-state index in [9.17, 15) is 13.2 Å². The van der Waals surface area contributed by atoms with Crippen molar-refractivity contribution in [3.05, 3.63) is 77.4 Å². The molecule has 1 amide bonds. The number of aromatic amines is 1. The van der Waals surface area contributed by atoms with Crippen LogP contribution in [0.15, 0.2) is 54.9 Å². The van der Waals surface area contributed by atoms with Crippen molar-refractivity contribution in [3.63, 3.8) is 0 Å². The molecule has 1 atom stereocenters. The summed E-state index contributed by atoms with van der Waals surface area (Å²) in [6, 6.07) is 14.7. The minimum Gasteiger partial charge on any atom is -0.348 e. The summed E-state index contributed by atoms with van der Waals surface area (Å²) < 4.78 is 25.7. The van der Waals surface area contributed by atoms with E-state index in [4.69, 9.17) is 0 Å². The van der Waals surface area contributed by atoms with Crippen LogP contribution in [0.3, 0.4) is 0 Å². The Labute approximate surface area is 162 Å². The molecule has 2 N–H and O–H groups in total. The Bertz CT molecular complexity index is 1100. The smallest absolute Gasteiger partial charge is 0.251 e. The van der Waals surface area contributed by atoms with E-state index < -0.39 is 10.0 Å². The zero-order valence-corrected chi connectivity index (χ0v) is 16.0. The summed E-state index contributed by atoms with van der Waals surface area (Å²) >= 11 is 0. The fraction of sp³-hybridized carbons (Fsp3) is 0.211. The number of carbonyl (C=O) groups is 1. The summed E-state index contributed by atoms with van der Waals surface area (Å²) in [5, 5.41) is 9.56. The number of aromatic nitrogens is 3. The zero-order chi connectivity index (χ0) is 19.7. The molecule has 2 aromatic carbocycles. The second-order valence-electron chi connectivity index (χ2n) is 6.66. The Hall–Kier alpha value is -3.20. The normalized spacial score (nSPS) is 16.0. The predicted molar refractivity (Wildman–Crippen MR) is 104 cm³/mol. The van der Waals surface area contributed by atoms with Crippen LogP contribution in [0.25, 0.3) is 0 Å². The molecule has 0 fully saturated rings. The highest BCUT2D eigenvalue weighted by molar-refractivity contribution is 7.92. The van der Waals surface area contributed by atoms with Crippen molar-refractivity contribution in [2.75, 3.05) is 17.1 Å². The maximum atomic E-state index is 12.6. The molecule has 0 bridgehead atoms. The molecule has 9 heteroatoms. The molecule has 2 heterocycles. The van der Waals surface area contributed by atoms with E-state index in [0.717, 1.165) is 11.1 Å². The maximum absolute atomic E-state index is 12.6. The van der Waals surface area contributed by atoms with Gasteiger partial charge >= 0.3 is 0 Å². The van der Waals surface area contributed by atoms with Gasteiger partial charge in [0.2, 0.25) is 10.0 Å². The lowest BCUT2D eigenvalue weighted by atomic mass is 9.98. The van der Waals surface area contributed by atoms with E-state index in [0.29, 0.717) is 23.6 Å². The Morgan fingerprint density at radius 3 is 2.71 bits per heavy atom. The SMILES string of the molecule is CS(=O)(=O)N1CC(c2ncn[nH]2)c2cc(C(=O)NCc3ccccc3)ccc21. The standard InChI is InChI=1S/C19H19N5O3S/c1-28(26,27)24-11-16(18-21-12-22-23-18)15-9-14(7-8-17(15)24)19(25)20-10-13-5-3-2-4-6-13/h2-9,12,16H,10-11H2,1H3,(H,20,25)(H,21,22,23). The number of fused-ring (bicyclic) bond motifs is 1. The molecule has 0 radical (unpaired) electrons. The molecule has 0 saturated carbocycles. The lowest BCUT2D eigenvalue weighted by molar-refractivity contribution is 0.0951. The molecule has 1 aliphatic heterocycles. The van der Waals surface area contributed by atoms with Crippen LogP contribution >= 0.6 is 0 Å². The lowest BCUT2D eigenvalue weighted by Gasteiger charge is -2.16. The fourth-order valence-corrected chi connectivity index (χ4v) is 4.32. The number of hydrogen-bond acceptors (Lipinski definition) is 5. The minimum atomic E-state index is -3.45. The summed E-state index contributed by atoms with van der Waals surface area (Å²) in [5.41, 5.74) is 2.76. The van der Waals surface area contributed by atoms with Gasteiger partial charge in [0.25, 0.3) is 5.91 Å². The number of anilines is 1. The second kappa shape index (κ2) is 7.08. The number of carbonyl (C=O) groups excluding carboxylic acids is 1. The summed E-state index contributed by atoms with van der Waals surface area (Å²) in [7, 11) is -3.45. The number of benzene rings is 2. The van der Waals surface area contributed by atoms with E-state index in [1.165, 1.54) is 16.9 Å². The molecule has 4 rings (SSSR count). The van der Waals surface area contributed by atoms with Crippen molar-refractivity contribution in [1.29, 1.82) is 0 Å². The highest BCUT2D eigenvalue weighted by Crippen LogP contribution is 2.40. The molecule has 144 valence electrons. The molecule has 1 aliphatic rings. The first-order chi connectivity index (χ1) is 13.4. The van der Waals surface area contributed by atoms with Crippen LogP contribution in [0.1, 0.15) is 33.2 Å². The number of hydrogen-bond donors (Lipinski definition) is 2. The quantitative estimate of drug-likeness (QED) is 0.681. The van der Waals surface area contributed by atoms with Crippen LogP contribution in [0.2, 0.25) is 0 Å². The highest BCUT2D eigenvalue weighted by atomic mass is 32.2. The van der Waals surface area contributed by atoms with E-state index >= 15 is 0 Å². The summed E-state index contributed by atoms with van der Waals surface area (Å²) in [6.07, 6.45) is 2.55. The van der Waals surface area contributed by atoms with E-state index in [-0.39, 0.29) is 18.4 Å². The Kier molecular flexibility index (Phi) is 4.60. The van der Waals surface area contributed by atoms with Crippen LogP contribution in [0, 0.1) is 0 Å². The molecule has 8 nitrogen and oxygen atoms in total. The average molecular weight is 397 g/mol. The number of rotatable bonds is 5. The molecule has 0 aliphatic carbocycles. The summed E-state index contributed by atoms with van der Waals surface area (Å²) in [4.78, 5) is 16.8. The van der Waals surface area contributed by atoms with Crippen molar-refractivity contribution in [2.45, 2.75) is 12.5 Å². The predicted octanol–water partition coefficient (Wildman–Crippen LogP) is 1.65. The third-order valence-corrected chi connectivity index (χ3v) is 5.89. The lowest BCUT2D eigenvalue weighted by Crippen LogP contribution is -2.29. The van der Waals surface area contributed by atoms with Crippen molar-refractivity contribution >= 4 is 21.6 Å². The molecular formula is C19H19N5O3S. The fourth-order valence-electron chi connectivity index (χ4n) is 3.38. The van der Waals surface area contributed by atoms with Crippen molar-refractivity contribution < 1.29 is 13.2 Å². The van der Waals surface area contributed by atoms with Gasteiger partial charge in [-0.3, -0.25) is 14.2 Å². The van der Waals surface area contributed by atoms with Gasteiger partial charge in [-0.1, -0.05) is 30.3 Å². The van der Waals surface area contributed by atoms with Crippen molar-refractivity contribution in [3.8, 4) is 0 Å². The van der Waals surface area contributed by atoms with E-state index in [1.807, 2.05) is 30.3 Å². The van der Waals surface area contributed by atoms with Crippen molar-refractivity contribution in [1.82, 2.24) is 20.5 Å². The van der Waals surface area contributed by atoms with Crippen LogP contribution < -0.4 is 9.62 Å². The Morgan fingerprint density at radius 2 is 2.04 bits per heavy atom. The highest BCUT2D eigenvalue weighted by Gasteiger charge is 2.36. The molecule has 1 aromatic heterocycles. The van der Waals surface area contributed by atoms with Crippen LogP contribution in [-0.4, -0.2) is 42.3 Å². The summed E-state index contributed by atoms with van der Waals surface area (Å²) in [5.74, 6) is 0.0316. The first-order valence-corrected chi connectivity index (χ1v) is 10.6. The monoisotopic (exact) mass is 397 g/mol. The Balaban J connectivity index is 1.63. The first-order valence-electron chi connectivity index (χ1n) is 8.72. The van der Waals surface area contributed by atoms with Gasteiger partial charge in [-0.15, -0.1) is 0 Å². The number of amides is 1. The van der Waals surface area contributed by atoms with Gasteiger partial charge < -0.3 is 5.32 Å². The number of H-pyrrole nitrogens is 1. The van der Waals surface area contributed by atoms with Gasteiger partial charge in [-0.25, -0.2) is 13.4 Å². The topological polar surface area (TPSA) is 108 Å². The molecule has 0 saturated heterocycles. The molecule has 0 spiro atoms. The third-order valence-electron chi connectivity index (χ3n) is 4.74. The number of sulfonamides is 1. The van der Waals surface area contributed by atoms with Crippen molar-refractivity contribution in [2.24, 2.45) is 0 Å². The average Bonchev–Trinajstić information content (AvgIpc) is 3.33.